The molecule has 0 fully saturated rings. The first-order valence-electron chi connectivity index (χ1n) is 7.41. The Morgan fingerprint density at radius 3 is 2.70 bits per heavy atom. The highest BCUT2D eigenvalue weighted by Crippen LogP contribution is 2.32. The largest absolute Gasteiger partial charge is 0.488 e. The summed E-state index contributed by atoms with van der Waals surface area (Å²) in [7, 11) is 0. The molecule has 1 aliphatic carbocycles. The first kappa shape index (κ1) is 15.3. The lowest BCUT2D eigenvalue weighted by molar-refractivity contribution is -0.152. The number of aliphatic hydroxyl groups is 1. The van der Waals surface area contributed by atoms with Gasteiger partial charge in [-0.1, -0.05) is 6.07 Å². The summed E-state index contributed by atoms with van der Waals surface area (Å²) in [6.07, 6.45) is 2.21. The summed E-state index contributed by atoms with van der Waals surface area (Å²) in [4.78, 5) is 0. The molecule has 0 spiro atoms. The summed E-state index contributed by atoms with van der Waals surface area (Å²) < 4.78 is 16.6. The van der Waals surface area contributed by atoms with Crippen LogP contribution in [0.25, 0.3) is 0 Å². The summed E-state index contributed by atoms with van der Waals surface area (Å²) in [6, 6.07) is 5.93. The molecule has 112 valence electrons. The zero-order chi connectivity index (χ0) is 14.4. The molecule has 0 aromatic heterocycles. The maximum absolute atomic E-state index is 10.0. The molecule has 0 aliphatic heterocycles. The van der Waals surface area contributed by atoms with Crippen LogP contribution in [-0.4, -0.2) is 31.2 Å². The first-order valence-corrected chi connectivity index (χ1v) is 7.41. The predicted octanol–water partition coefficient (Wildman–Crippen LogP) is 2.83. The van der Waals surface area contributed by atoms with Gasteiger partial charge >= 0.3 is 0 Å². The highest BCUT2D eigenvalue weighted by Gasteiger charge is 2.18. The molecule has 0 saturated carbocycles. The van der Waals surface area contributed by atoms with Gasteiger partial charge in [-0.3, -0.25) is 0 Å². The third kappa shape index (κ3) is 3.95. The number of fused-ring (bicyclic) bond motifs is 1. The summed E-state index contributed by atoms with van der Waals surface area (Å²) in [5.41, 5.74) is 2.22. The van der Waals surface area contributed by atoms with Gasteiger partial charge in [-0.2, -0.15) is 0 Å². The minimum atomic E-state index is -0.364. The monoisotopic (exact) mass is 280 g/mol. The lowest BCUT2D eigenvalue weighted by Gasteiger charge is -2.23. The van der Waals surface area contributed by atoms with E-state index in [4.69, 9.17) is 14.2 Å². The number of hydrogen-bond acceptors (Lipinski definition) is 4. The van der Waals surface area contributed by atoms with Crippen LogP contribution in [0.15, 0.2) is 18.2 Å². The predicted molar refractivity (Wildman–Crippen MR) is 76.9 cm³/mol. The quantitative estimate of drug-likeness (QED) is 0.780. The fourth-order valence-electron chi connectivity index (χ4n) is 2.52. The van der Waals surface area contributed by atoms with E-state index in [0.717, 1.165) is 30.6 Å². The van der Waals surface area contributed by atoms with E-state index in [9.17, 15) is 5.11 Å². The van der Waals surface area contributed by atoms with Crippen molar-refractivity contribution < 1.29 is 19.3 Å². The van der Waals surface area contributed by atoms with E-state index < -0.39 is 0 Å². The molecular formula is C16H24O4. The van der Waals surface area contributed by atoms with Gasteiger partial charge in [0.15, 0.2) is 6.29 Å². The second-order valence-electron chi connectivity index (χ2n) is 4.92. The fourth-order valence-corrected chi connectivity index (χ4v) is 2.52. The third-order valence-corrected chi connectivity index (χ3v) is 3.49. The van der Waals surface area contributed by atoms with Crippen molar-refractivity contribution >= 4 is 0 Å². The Bertz CT molecular complexity index is 413. The Labute approximate surface area is 120 Å². The Kier molecular flexibility index (Phi) is 5.83. The van der Waals surface area contributed by atoms with Crippen molar-refractivity contribution in [1.82, 2.24) is 0 Å². The van der Waals surface area contributed by atoms with Crippen LogP contribution in [0.2, 0.25) is 0 Å². The molecule has 20 heavy (non-hydrogen) atoms. The number of aryl methyl sites for hydroxylation is 1. The molecule has 0 heterocycles. The molecule has 1 N–H and O–H groups in total. The van der Waals surface area contributed by atoms with Crippen LogP contribution >= 0.6 is 0 Å². The van der Waals surface area contributed by atoms with Gasteiger partial charge in [0.1, 0.15) is 12.4 Å². The van der Waals surface area contributed by atoms with Crippen LogP contribution in [-0.2, 0) is 15.9 Å². The van der Waals surface area contributed by atoms with Gasteiger partial charge in [-0.25, -0.2) is 0 Å². The van der Waals surface area contributed by atoms with Gasteiger partial charge in [0.25, 0.3) is 0 Å². The zero-order valence-electron chi connectivity index (χ0n) is 12.3. The molecule has 2 rings (SSSR count). The topological polar surface area (TPSA) is 47.9 Å². The number of benzene rings is 1. The van der Waals surface area contributed by atoms with Crippen molar-refractivity contribution in [3.63, 3.8) is 0 Å². The van der Waals surface area contributed by atoms with Crippen molar-refractivity contribution in [2.75, 3.05) is 19.8 Å². The number of rotatable bonds is 7. The van der Waals surface area contributed by atoms with Crippen LogP contribution in [0.4, 0.5) is 0 Å². The maximum Gasteiger partial charge on any atom is 0.191 e. The van der Waals surface area contributed by atoms with Gasteiger partial charge in [0.05, 0.1) is 6.10 Å². The summed E-state index contributed by atoms with van der Waals surface area (Å²) in [6.45, 7) is 5.41. The average molecular weight is 280 g/mol. The highest BCUT2D eigenvalue weighted by atomic mass is 16.7. The second kappa shape index (κ2) is 7.62. The first-order chi connectivity index (χ1) is 9.74. The van der Waals surface area contributed by atoms with Gasteiger partial charge in [-0.05, 0) is 56.4 Å². The molecule has 1 aromatic rings. The molecule has 1 aromatic carbocycles. The number of aliphatic hydroxyl groups excluding tert-OH is 1. The Balaban J connectivity index is 1.97. The van der Waals surface area contributed by atoms with E-state index in [0.29, 0.717) is 19.8 Å². The molecule has 0 saturated heterocycles. The minimum Gasteiger partial charge on any atom is -0.488 e. The Morgan fingerprint density at radius 2 is 2.00 bits per heavy atom. The van der Waals surface area contributed by atoms with Crippen molar-refractivity contribution in [2.24, 2.45) is 0 Å². The molecule has 1 aliphatic rings. The summed E-state index contributed by atoms with van der Waals surface area (Å²) in [5.74, 6) is 0.758. The van der Waals surface area contributed by atoms with E-state index in [1.54, 1.807) is 0 Å². The molecule has 0 unspecified atom stereocenters. The van der Waals surface area contributed by atoms with E-state index >= 15 is 0 Å². The molecule has 0 amide bonds. The normalized spacial score (nSPS) is 18.1. The standard InChI is InChI=1S/C16H24O4/c1-3-18-16(19-4-2)11-20-13-9-8-12-6-5-7-15(17)14(12)10-13/h8-10,15-17H,3-7,11H2,1-2H3/t15-/m1/s1. The van der Waals surface area contributed by atoms with Gasteiger partial charge in [-0.15, -0.1) is 0 Å². The van der Waals surface area contributed by atoms with Gasteiger partial charge in [0, 0.05) is 13.2 Å². The Morgan fingerprint density at radius 1 is 1.25 bits per heavy atom. The van der Waals surface area contributed by atoms with Crippen LogP contribution < -0.4 is 4.74 Å². The number of hydrogen-bond donors (Lipinski definition) is 1. The van der Waals surface area contributed by atoms with Gasteiger partial charge < -0.3 is 19.3 Å². The molecule has 0 bridgehead atoms. The van der Waals surface area contributed by atoms with Crippen molar-refractivity contribution in [3.8, 4) is 5.75 Å². The highest BCUT2D eigenvalue weighted by molar-refractivity contribution is 5.38. The zero-order valence-corrected chi connectivity index (χ0v) is 12.3. The van der Waals surface area contributed by atoms with Crippen molar-refractivity contribution in [3.05, 3.63) is 29.3 Å². The van der Waals surface area contributed by atoms with E-state index in [1.165, 1.54) is 5.56 Å². The lowest BCUT2D eigenvalue weighted by Crippen LogP contribution is -2.25. The molecular weight excluding hydrogens is 256 g/mol. The van der Waals surface area contributed by atoms with Crippen LogP contribution in [0.5, 0.6) is 5.75 Å². The fraction of sp³-hybridized carbons (Fsp3) is 0.625. The van der Waals surface area contributed by atoms with Crippen molar-refractivity contribution in [2.45, 2.75) is 45.5 Å². The van der Waals surface area contributed by atoms with Crippen LogP contribution in [0.1, 0.15) is 43.9 Å². The van der Waals surface area contributed by atoms with Crippen LogP contribution in [0, 0.1) is 0 Å². The summed E-state index contributed by atoms with van der Waals surface area (Å²) >= 11 is 0. The second-order valence-corrected chi connectivity index (χ2v) is 4.92. The molecule has 4 nitrogen and oxygen atoms in total. The van der Waals surface area contributed by atoms with E-state index in [2.05, 4.69) is 0 Å². The maximum atomic E-state index is 10.0. The number of ether oxygens (including phenoxy) is 3. The smallest absolute Gasteiger partial charge is 0.191 e. The third-order valence-electron chi connectivity index (χ3n) is 3.49. The van der Waals surface area contributed by atoms with Crippen molar-refractivity contribution in [1.29, 1.82) is 0 Å². The molecule has 0 radical (unpaired) electrons. The lowest BCUT2D eigenvalue weighted by atomic mass is 9.89. The van der Waals surface area contributed by atoms with Crippen LogP contribution in [0.3, 0.4) is 0 Å². The summed E-state index contributed by atoms with van der Waals surface area (Å²) in [5, 5.41) is 10.0. The average Bonchev–Trinajstić information content (AvgIpc) is 2.46. The van der Waals surface area contributed by atoms with E-state index in [-0.39, 0.29) is 12.4 Å². The molecule has 1 atom stereocenters. The SMILES string of the molecule is CCOC(COc1ccc2c(c1)[C@H](O)CCC2)OCC. The molecule has 4 heteroatoms. The van der Waals surface area contributed by atoms with E-state index in [1.807, 2.05) is 32.0 Å². The Hall–Kier alpha value is -1.10. The minimum absolute atomic E-state index is 0.342. The van der Waals surface area contributed by atoms with Gasteiger partial charge in [0.2, 0.25) is 0 Å².